The van der Waals surface area contributed by atoms with Gasteiger partial charge in [0.2, 0.25) is 0 Å². The molecule has 3 nitrogen and oxygen atoms in total. The van der Waals surface area contributed by atoms with Gasteiger partial charge in [-0.2, -0.15) is 0 Å². The Morgan fingerprint density at radius 3 is 1.94 bits per heavy atom. The molecule has 0 saturated heterocycles. The second-order valence-corrected chi connectivity index (χ2v) is 10.2. The van der Waals surface area contributed by atoms with Crippen molar-refractivity contribution in [2.75, 3.05) is 0 Å². The quantitative estimate of drug-likeness (QED) is 0.236. The molecule has 0 amide bonds. The zero-order chi connectivity index (χ0) is 24.1. The maximum atomic E-state index is 13.0. The monoisotopic (exact) mass is 484 g/mol. The first-order valence-electron chi connectivity index (χ1n) is 11.8. The van der Waals surface area contributed by atoms with Crippen LogP contribution in [-0.4, -0.2) is 4.55 Å². The van der Waals surface area contributed by atoms with E-state index in [4.69, 9.17) is 9.47 Å². The maximum Gasteiger partial charge on any atom is 0.178 e. The Bertz CT molecular complexity index is 1740. The third kappa shape index (κ3) is 3.42. The highest BCUT2D eigenvalue weighted by atomic mass is 32.2. The number of rotatable bonds is 3. The SMILES string of the molecule is [O-][S+](c1ccccc1)c1ccc(-c2cc3c(c4ccccc24)Oc2c(ccc4ccccc24)O3)cc1. The van der Waals surface area contributed by atoms with Gasteiger partial charge in [0, 0.05) is 21.9 Å². The minimum absolute atomic E-state index is 0.684. The van der Waals surface area contributed by atoms with E-state index < -0.39 is 11.2 Å². The molecule has 0 radical (unpaired) electrons. The molecule has 0 aliphatic carbocycles. The summed E-state index contributed by atoms with van der Waals surface area (Å²) in [5, 5.41) is 4.19. The van der Waals surface area contributed by atoms with Gasteiger partial charge in [0.15, 0.2) is 32.8 Å². The van der Waals surface area contributed by atoms with Crippen LogP contribution in [0.2, 0.25) is 0 Å². The van der Waals surface area contributed by atoms with Crippen molar-refractivity contribution >= 4 is 32.7 Å². The third-order valence-corrected chi connectivity index (χ3v) is 7.97. The Morgan fingerprint density at radius 2 is 1.14 bits per heavy atom. The first kappa shape index (κ1) is 21.1. The molecule has 1 aliphatic heterocycles. The van der Waals surface area contributed by atoms with Crippen LogP contribution in [0.1, 0.15) is 0 Å². The Balaban J connectivity index is 1.33. The summed E-state index contributed by atoms with van der Waals surface area (Å²) in [6.45, 7) is 0. The lowest BCUT2D eigenvalue weighted by atomic mass is 9.96. The first-order valence-corrected chi connectivity index (χ1v) is 12.9. The standard InChI is InChI=1S/C32H20O3S/c33-36(23-9-2-1-3-10-23)24-17-14-22(15-18-24)28-20-30-32(27-13-7-6-12-26(27)28)35-31-25-11-5-4-8-21(25)16-19-29(31)34-30/h1-20H. The van der Waals surface area contributed by atoms with E-state index in [0.717, 1.165) is 54.0 Å². The normalized spacial score (nSPS) is 12.9. The molecule has 1 atom stereocenters. The van der Waals surface area contributed by atoms with E-state index in [1.807, 2.05) is 91.0 Å². The van der Waals surface area contributed by atoms with Gasteiger partial charge >= 0.3 is 0 Å². The highest BCUT2D eigenvalue weighted by Gasteiger charge is 2.25. The first-order chi connectivity index (χ1) is 17.8. The highest BCUT2D eigenvalue weighted by molar-refractivity contribution is 7.91. The van der Waals surface area contributed by atoms with Gasteiger partial charge in [-0.3, -0.25) is 0 Å². The Labute approximate surface area is 211 Å². The fourth-order valence-electron chi connectivity index (χ4n) is 4.81. The Morgan fingerprint density at radius 1 is 0.500 bits per heavy atom. The minimum Gasteiger partial charge on any atom is -0.606 e. The summed E-state index contributed by atoms with van der Waals surface area (Å²) in [5.74, 6) is 2.85. The second-order valence-electron chi connectivity index (χ2n) is 8.72. The van der Waals surface area contributed by atoms with Gasteiger partial charge in [-0.15, -0.1) is 0 Å². The van der Waals surface area contributed by atoms with Gasteiger partial charge in [-0.25, -0.2) is 0 Å². The van der Waals surface area contributed by atoms with E-state index in [1.165, 1.54) is 0 Å². The van der Waals surface area contributed by atoms with Gasteiger partial charge in [0.1, 0.15) is 0 Å². The highest BCUT2D eigenvalue weighted by Crippen LogP contribution is 2.53. The Kier molecular flexibility index (Phi) is 4.95. The number of benzene rings is 6. The average molecular weight is 485 g/mol. The third-order valence-electron chi connectivity index (χ3n) is 6.57. The average Bonchev–Trinajstić information content (AvgIpc) is 2.96. The molecule has 172 valence electrons. The van der Waals surface area contributed by atoms with Crippen molar-refractivity contribution < 1.29 is 14.0 Å². The molecule has 0 bridgehead atoms. The minimum atomic E-state index is -1.22. The number of fused-ring (bicyclic) bond motifs is 6. The van der Waals surface area contributed by atoms with Crippen molar-refractivity contribution in [2.24, 2.45) is 0 Å². The summed E-state index contributed by atoms with van der Waals surface area (Å²) in [6.07, 6.45) is 0. The van der Waals surface area contributed by atoms with E-state index in [0.29, 0.717) is 11.5 Å². The van der Waals surface area contributed by atoms with Crippen LogP contribution in [0.4, 0.5) is 0 Å². The van der Waals surface area contributed by atoms with Crippen LogP contribution in [0.25, 0.3) is 32.7 Å². The van der Waals surface area contributed by atoms with Crippen molar-refractivity contribution in [1.82, 2.24) is 0 Å². The molecule has 0 spiro atoms. The van der Waals surface area contributed by atoms with Crippen LogP contribution < -0.4 is 9.47 Å². The fraction of sp³-hybridized carbons (Fsp3) is 0. The lowest BCUT2D eigenvalue weighted by molar-refractivity contribution is 0.367. The summed E-state index contributed by atoms with van der Waals surface area (Å²) in [6, 6.07) is 39.9. The number of hydrogen-bond donors (Lipinski definition) is 0. The predicted molar refractivity (Wildman–Crippen MR) is 145 cm³/mol. The van der Waals surface area contributed by atoms with Gasteiger partial charge in [-0.05, 0) is 70.4 Å². The molecule has 1 aliphatic rings. The predicted octanol–water partition coefficient (Wildman–Crippen LogP) is 8.72. The molecule has 36 heavy (non-hydrogen) atoms. The molecule has 1 unspecified atom stereocenters. The molecule has 4 heteroatoms. The van der Waals surface area contributed by atoms with Crippen molar-refractivity contribution in [3.8, 4) is 34.1 Å². The van der Waals surface area contributed by atoms with Crippen molar-refractivity contribution in [2.45, 2.75) is 9.79 Å². The molecular formula is C32H20O3S. The van der Waals surface area contributed by atoms with E-state index in [2.05, 4.69) is 30.3 Å². The van der Waals surface area contributed by atoms with Crippen LogP contribution >= 0.6 is 0 Å². The summed E-state index contributed by atoms with van der Waals surface area (Å²) in [4.78, 5) is 1.56. The topological polar surface area (TPSA) is 41.5 Å². The molecule has 7 rings (SSSR count). The van der Waals surface area contributed by atoms with Gasteiger partial charge < -0.3 is 14.0 Å². The van der Waals surface area contributed by atoms with Crippen molar-refractivity contribution in [3.63, 3.8) is 0 Å². The molecular weight excluding hydrogens is 464 g/mol. The smallest absolute Gasteiger partial charge is 0.178 e. The zero-order valence-electron chi connectivity index (χ0n) is 19.2. The van der Waals surface area contributed by atoms with Crippen LogP contribution in [-0.2, 0) is 11.2 Å². The van der Waals surface area contributed by atoms with E-state index in [1.54, 1.807) is 0 Å². The summed E-state index contributed by atoms with van der Waals surface area (Å²) >= 11 is -1.22. The lowest BCUT2D eigenvalue weighted by Crippen LogP contribution is -2.02. The molecule has 6 aromatic carbocycles. The molecule has 1 heterocycles. The van der Waals surface area contributed by atoms with Crippen molar-refractivity contribution in [3.05, 3.63) is 121 Å². The summed E-state index contributed by atoms with van der Waals surface area (Å²) in [7, 11) is 0. The van der Waals surface area contributed by atoms with Gasteiger partial charge in [0.05, 0.1) is 0 Å². The van der Waals surface area contributed by atoms with Crippen LogP contribution in [0.3, 0.4) is 0 Å². The second kappa shape index (κ2) is 8.45. The maximum absolute atomic E-state index is 13.0. The molecule has 0 saturated carbocycles. The largest absolute Gasteiger partial charge is 0.606 e. The fourth-order valence-corrected chi connectivity index (χ4v) is 5.87. The number of hydrogen-bond acceptors (Lipinski definition) is 3. The number of ether oxygens (including phenoxy) is 2. The molecule has 0 aromatic heterocycles. The van der Waals surface area contributed by atoms with Crippen LogP contribution in [0, 0.1) is 0 Å². The molecule has 0 fully saturated rings. The van der Waals surface area contributed by atoms with Gasteiger partial charge in [-0.1, -0.05) is 72.8 Å². The Hall–Kier alpha value is -4.25. The van der Waals surface area contributed by atoms with Crippen LogP contribution in [0.5, 0.6) is 23.0 Å². The van der Waals surface area contributed by atoms with E-state index >= 15 is 0 Å². The molecule has 6 aromatic rings. The van der Waals surface area contributed by atoms with Crippen molar-refractivity contribution in [1.29, 1.82) is 0 Å². The molecule has 0 N–H and O–H groups in total. The zero-order valence-corrected chi connectivity index (χ0v) is 20.0. The van der Waals surface area contributed by atoms with Crippen LogP contribution in [0.15, 0.2) is 131 Å². The van der Waals surface area contributed by atoms with Gasteiger partial charge in [0.25, 0.3) is 0 Å². The summed E-state index contributed by atoms with van der Waals surface area (Å²) in [5.41, 5.74) is 2.06. The van der Waals surface area contributed by atoms with E-state index in [-0.39, 0.29) is 0 Å². The lowest BCUT2D eigenvalue weighted by Gasteiger charge is -2.24. The summed E-state index contributed by atoms with van der Waals surface area (Å²) < 4.78 is 25.9. The van der Waals surface area contributed by atoms with E-state index in [9.17, 15) is 4.55 Å².